The number of rotatable bonds is 2. The summed E-state index contributed by atoms with van der Waals surface area (Å²) >= 11 is 0. The lowest BCUT2D eigenvalue weighted by molar-refractivity contribution is 0.369. The molecule has 0 saturated heterocycles. The van der Waals surface area contributed by atoms with Gasteiger partial charge in [0.05, 0.1) is 0 Å². The molecule has 17 heavy (non-hydrogen) atoms. The van der Waals surface area contributed by atoms with Crippen molar-refractivity contribution in [2.45, 2.75) is 30.5 Å². The SMILES string of the molecule is NC1(c2ccc(C3C=CC=CC3F)cc2)CC1. The summed E-state index contributed by atoms with van der Waals surface area (Å²) < 4.78 is 13.7. The second kappa shape index (κ2) is 3.81. The molecule has 0 bridgehead atoms. The monoisotopic (exact) mass is 229 g/mol. The molecule has 1 aromatic rings. The van der Waals surface area contributed by atoms with Gasteiger partial charge in [0, 0.05) is 11.5 Å². The van der Waals surface area contributed by atoms with Crippen molar-refractivity contribution in [3.63, 3.8) is 0 Å². The van der Waals surface area contributed by atoms with Gasteiger partial charge in [0.2, 0.25) is 0 Å². The minimum atomic E-state index is -0.918. The molecule has 2 heteroatoms. The first-order valence-corrected chi connectivity index (χ1v) is 6.07. The maximum absolute atomic E-state index is 13.7. The van der Waals surface area contributed by atoms with Crippen LogP contribution in [0.5, 0.6) is 0 Å². The molecule has 88 valence electrons. The van der Waals surface area contributed by atoms with Gasteiger partial charge in [-0.3, -0.25) is 0 Å². The summed E-state index contributed by atoms with van der Waals surface area (Å²) in [5.41, 5.74) is 8.22. The van der Waals surface area contributed by atoms with E-state index in [-0.39, 0.29) is 11.5 Å². The first-order chi connectivity index (χ1) is 8.19. The number of alkyl halides is 1. The van der Waals surface area contributed by atoms with Crippen molar-refractivity contribution in [2.75, 3.05) is 0 Å². The standard InChI is InChI=1S/C15H16FN/c16-14-4-2-1-3-13(14)11-5-7-12(8-6-11)15(17)9-10-15/h1-8,13-14H,9-10,17H2. The molecule has 1 saturated carbocycles. The fourth-order valence-electron chi connectivity index (χ4n) is 2.34. The molecule has 2 atom stereocenters. The van der Waals surface area contributed by atoms with E-state index in [2.05, 4.69) is 0 Å². The third-order valence-corrected chi connectivity index (χ3v) is 3.73. The Bertz CT molecular complexity index is 468. The fraction of sp³-hybridized carbons (Fsp3) is 0.333. The van der Waals surface area contributed by atoms with E-state index in [1.807, 2.05) is 36.4 Å². The number of benzene rings is 1. The van der Waals surface area contributed by atoms with Gasteiger partial charge in [0.1, 0.15) is 6.17 Å². The first-order valence-electron chi connectivity index (χ1n) is 6.07. The van der Waals surface area contributed by atoms with Crippen LogP contribution in [0.15, 0.2) is 48.6 Å². The van der Waals surface area contributed by atoms with Crippen molar-refractivity contribution in [1.29, 1.82) is 0 Å². The first kappa shape index (κ1) is 10.7. The van der Waals surface area contributed by atoms with Gasteiger partial charge >= 0.3 is 0 Å². The van der Waals surface area contributed by atoms with Crippen LogP contribution in [0.2, 0.25) is 0 Å². The Labute approximate surface area is 101 Å². The molecule has 0 amide bonds. The maximum atomic E-state index is 13.7. The summed E-state index contributed by atoms with van der Waals surface area (Å²) in [5.74, 6) is -0.151. The van der Waals surface area contributed by atoms with E-state index in [9.17, 15) is 4.39 Å². The maximum Gasteiger partial charge on any atom is 0.129 e. The van der Waals surface area contributed by atoms with Crippen LogP contribution < -0.4 is 5.73 Å². The zero-order chi connectivity index (χ0) is 11.9. The largest absolute Gasteiger partial charge is 0.321 e. The lowest BCUT2D eigenvalue weighted by Gasteiger charge is -2.19. The van der Waals surface area contributed by atoms with E-state index >= 15 is 0 Å². The molecule has 1 nitrogen and oxygen atoms in total. The predicted octanol–water partition coefficient (Wildman–Crippen LogP) is 3.18. The van der Waals surface area contributed by atoms with Crippen molar-refractivity contribution in [1.82, 2.24) is 0 Å². The zero-order valence-corrected chi connectivity index (χ0v) is 9.64. The molecular weight excluding hydrogens is 213 g/mol. The highest BCUT2D eigenvalue weighted by Crippen LogP contribution is 2.43. The number of nitrogens with two attached hydrogens (primary N) is 1. The van der Waals surface area contributed by atoms with Crippen LogP contribution in [0.25, 0.3) is 0 Å². The molecule has 1 aromatic carbocycles. The summed E-state index contributed by atoms with van der Waals surface area (Å²) in [6.45, 7) is 0. The quantitative estimate of drug-likeness (QED) is 0.828. The van der Waals surface area contributed by atoms with Gasteiger partial charge in [0.25, 0.3) is 0 Å². The lowest BCUT2D eigenvalue weighted by atomic mass is 9.90. The lowest BCUT2D eigenvalue weighted by Crippen LogP contribution is -2.19. The van der Waals surface area contributed by atoms with Gasteiger partial charge in [0.15, 0.2) is 0 Å². The molecular formula is C15H16FN. The molecule has 0 aromatic heterocycles. The second-order valence-corrected chi connectivity index (χ2v) is 5.02. The van der Waals surface area contributed by atoms with Crippen LogP contribution in [0.3, 0.4) is 0 Å². The van der Waals surface area contributed by atoms with Crippen molar-refractivity contribution < 1.29 is 4.39 Å². The third-order valence-electron chi connectivity index (χ3n) is 3.73. The van der Waals surface area contributed by atoms with Crippen LogP contribution in [0.1, 0.15) is 29.9 Å². The van der Waals surface area contributed by atoms with E-state index in [4.69, 9.17) is 5.73 Å². The van der Waals surface area contributed by atoms with Gasteiger partial charge in [-0.2, -0.15) is 0 Å². The Morgan fingerprint density at radius 1 is 1.06 bits per heavy atom. The van der Waals surface area contributed by atoms with Crippen LogP contribution >= 0.6 is 0 Å². The molecule has 0 radical (unpaired) electrons. The second-order valence-electron chi connectivity index (χ2n) is 5.02. The molecule has 3 rings (SSSR count). The van der Waals surface area contributed by atoms with E-state index in [0.29, 0.717) is 0 Å². The Morgan fingerprint density at radius 3 is 2.29 bits per heavy atom. The molecule has 2 unspecified atom stereocenters. The van der Waals surface area contributed by atoms with Gasteiger partial charge in [-0.05, 0) is 30.0 Å². The number of allylic oxidation sites excluding steroid dienone is 4. The highest BCUT2D eigenvalue weighted by Gasteiger charge is 2.39. The molecule has 0 aliphatic heterocycles. The molecule has 1 fully saturated rings. The molecule has 2 N–H and O–H groups in total. The van der Waals surface area contributed by atoms with E-state index in [0.717, 1.165) is 18.4 Å². The van der Waals surface area contributed by atoms with E-state index in [1.165, 1.54) is 5.56 Å². The topological polar surface area (TPSA) is 26.0 Å². The van der Waals surface area contributed by atoms with Crippen LogP contribution in [0, 0.1) is 0 Å². The number of hydrogen-bond acceptors (Lipinski definition) is 1. The molecule has 0 spiro atoms. The van der Waals surface area contributed by atoms with Crippen LogP contribution in [-0.2, 0) is 5.54 Å². The summed E-state index contributed by atoms with van der Waals surface area (Å²) in [7, 11) is 0. The highest BCUT2D eigenvalue weighted by atomic mass is 19.1. The van der Waals surface area contributed by atoms with Gasteiger partial charge in [-0.25, -0.2) is 4.39 Å². The Morgan fingerprint density at radius 2 is 1.71 bits per heavy atom. The molecule has 2 aliphatic carbocycles. The van der Waals surface area contributed by atoms with Crippen LogP contribution in [-0.4, -0.2) is 6.17 Å². The smallest absolute Gasteiger partial charge is 0.129 e. The van der Waals surface area contributed by atoms with E-state index in [1.54, 1.807) is 12.2 Å². The molecule has 0 heterocycles. The average Bonchev–Trinajstić information content (AvgIpc) is 3.10. The van der Waals surface area contributed by atoms with Crippen molar-refractivity contribution >= 4 is 0 Å². The Balaban J connectivity index is 1.85. The predicted molar refractivity (Wildman–Crippen MR) is 67.5 cm³/mol. The van der Waals surface area contributed by atoms with Gasteiger partial charge in [-0.1, -0.05) is 42.5 Å². The normalized spacial score (nSPS) is 29.3. The Hall–Kier alpha value is -1.41. The number of hydrogen-bond donors (Lipinski definition) is 1. The summed E-state index contributed by atoms with van der Waals surface area (Å²) in [6, 6.07) is 8.09. The van der Waals surface area contributed by atoms with Crippen molar-refractivity contribution in [3.05, 3.63) is 59.7 Å². The minimum absolute atomic E-state index is 0.101. The zero-order valence-electron chi connectivity index (χ0n) is 9.64. The van der Waals surface area contributed by atoms with Gasteiger partial charge < -0.3 is 5.73 Å². The minimum Gasteiger partial charge on any atom is -0.321 e. The van der Waals surface area contributed by atoms with E-state index < -0.39 is 6.17 Å². The summed E-state index contributed by atoms with van der Waals surface area (Å²) in [4.78, 5) is 0. The highest BCUT2D eigenvalue weighted by molar-refractivity contribution is 5.37. The fourth-order valence-corrected chi connectivity index (χ4v) is 2.34. The van der Waals surface area contributed by atoms with Crippen molar-refractivity contribution in [3.8, 4) is 0 Å². The van der Waals surface area contributed by atoms with Crippen molar-refractivity contribution in [2.24, 2.45) is 5.73 Å². The Kier molecular flexibility index (Phi) is 2.40. The third kappa shape index (κ3) is 1.93. The number of halogens is 1. The van der Waals surface area contributed by atoms with Gasteiger partial charge in [-0.15, -0.1) is 0 Å². The summed E-state index contributed by atoms with van der Waals surface area (Å²) in [6.07, 6.45) is 8.38. The van der Waals surface area contributed by atoms with Crippen LogP contribution in [0.4, 0.5) is 4.39 Å². The summed E-state index contributed by atoms with van der Waals surface area (Å²) in [5, 5.41) is 0. The average molecular weight is 229 g/mol. The molecule has 2 aliphatic rings.